The highest BCUT2D eigenvalue weighted by molar-refractivity contribution is 5.36. The molecular formula is C14H18F5N3. The van der Waals surface area contributed by atoms with Gasteiger partial charge in [-0.2, -0.15) is 13.2 Å². The molecule has 2 rings (SSSR count). The van der Waals surface area contributed by atoms with Crippen molar-refractivity contribution in [3.63, 3.8) is 0 Å². The van der Waals surface area contributed by atoms with Gasteiger partial charge in [-0.25, -0.2) is 13.8 Å². The highest BCUT2D eigenvalue weighted by Gasteiger charge is 2.42. The number of likely N-dealkylation sites (N-methyl/N-ethyl adjacent to an activating group) is 1. The zero-order valence-electron chi connectivity index (χ0n) is 12.3. The number of pyridine rings is 1. The first-order chi connectivity index (χ1) is 10.1. The van der Waals surface area contributed by atoms with Crippen LogP contribution in [0.3, 0.4) is 0 Å². The molecule has 0 aliphatic carbocycles. The number of anilines is 1. The molecule has 1 N–H and O–H groups in total. The maximum absolute atomic E-state index is 13.4. The van der Waals surface area contributed by atoms with E-state index in [4.69, 9.17) is 0 Å². The molecule has 0 spiro atoms. The summed E-state index contributed by atoms with van der Waals surface area (Å²) in [5, 5.41) is 2.92. The van der Waals surface area contributed by atoms with E-state index in [-0.39, 0.29) is 24.9 Å². The van der Waals surface area contributed by atoms with Gasteiger partial charge in [0.25, 0.3) is 5.92 Å². The topological polar surface area (TPSA) is 28.2 Å². The van der Waals surface area contributed by atoms with Crippen LogP contribution in [0.1, 0.15) is 18.9 Å². The molecule has 1 saturated heterocycles. The van der Waals surface area contributed by atoms with Crippen molar-refractivity contribution in [2.75, 3.05) is 25.5 Å². The summed E-state index contributed by atoms with van der Waals surface area (Å²) in [5.74, 6) is -2.63. The van der Waals surface area contributed by atoms with E-state index in [2.05, 4.69) is 10.3 Å². The monoisotopic (exact) mass is 323 g/mol. The van der Waals surface area contributed by atoms with Crippen LogP contribution in [0.2, 0.25) is 0 Å². The molecule has 1 aromatic rings. The Morgan fingerprint density at radius 3 is 2.55 bits per heavy atom. The summed E-state index contributed by atoms with van der Waals surface area (Å²) in [5.41, 5.74) is -0.819. The van der Waals surface area contributed by atoms with Gasteiger partial charge in [0.15, 0.2) is 0 Å². The molecule has 0 aromatic carbocycles. The van der Waals surface area contributed by atoms with Crippen LogP contribution in [-0.2, 0) is 6.18 Å². The lowest BCUT2D eigenvalue weighted by Crippen LogP contribution is -2.53. The zero-order chi connectivity index (χ0) is 16.5. The first kappa shape index (κ1) is 16.9. The Labute approximate surface area is 125 Å². The van der Waals surface area contributed by atoms with Gasteiger partial charge in [0.2, 0.25) is 0 Å². The predicted octanol–water partition coefficient (Wildman–Crippen LogP) is 3.49. The van der Waals surface area contributed by atoms with Gasteiger partial charge in [-0.3, -0.25) is 4.90 Å². The van der Waals surface area contributed by atoms with E-state index in [1.807, 2.05) is 0 Å². The second-order valence-electron chi connectivity index (χ2n) is 5.83. The Morgan fingerprint density at radius 2 is 2.05 bits per heavy atom. The maximum Gasteiger partial charge on any atom is 0.417 e. The van der Waals surface area contributed by atoms with Crippen molar-refractivity contribution in [2.24, 2.45) is 5.92 Å². The van der Waals surface area contributed by atoms with Gasteiger partial charge in [-0.05, 0) is 25.1 Å². The minimum Gasteiger partial charge on any atom is -0.368 e. The number of piperidine rings is 1. The molecule has 1 unspecified atom stereocenters. The Morgan fingerprint density at radius 1 is 1.36 bits per heavy atom. The average molecular weight is 323 g/mol. The Balaban J connectivity index is 1.95. The minimum atomic E-state index is -4.42. The summed E-state index contributed by atoms with van der Waals surface area (Å²) >= 11 is 0. The molecule has 124 valence electrons. The fourth-order valence-electron chi connectivity index (χ4n) is 2.82. The van der Waals surface area contributed by atoms with E-state index in [1.54, 1.807) is 18.9 Å². The van der Waals surface area contributed by atoms with Crippen molar-refractivity contribution in [3.05, 3.63) is 23.9 Å². The number of likely N-dealkylation sites (tertiary alicyclic amines) is 1. The number of hydrogen-bond acceptors (Lipinski definition) is 3. The third kappa shape index (κ3) is 4.06. The molecule has 1 aliphatic heterocycles. The largest absolute Gasteiger partial charge is 0.417 e. The van der Waals surface area contributed by atoms with E-state index < -0.39 is 17.7 Å². The lowest BCUT2D eigenvalue weighted by molar-refractivity contribution is -0.137. The van der Waals surface area contributed by atoms with Crippen LogP contribution in [-0.4, -0.2) is 42.0 Å². The second kappa shape index (κ2) is 5.98. The standard InChI is InChI=1S/C14H18F5N3/c1-9-5-13(15,16)8-22(2)11(9)7-21-12-4-3-10(6-20-12)14(17,18)19/h3-4,6,9,11H,5,7-8H2,1-2H3,(H,20,21)/t9-,11?/m1/s1. The third-order valence-electron chi connectivity index (χ3n) is 3.91. The van der Waals surface area contributed by atoms with E-state index in [0.29, 0.717) is 12.4 Å². The van der Waals surface area contributed by atoms with Gasteiger partial charge in [0.1, 0.15) is 5.82 Å². The molecule has 0 bridgehead atoms. The number of aromatic nitrogens is 1. The second-order valence-corrected chi connectivity index (χ2v) is 5.83. The predicted molar refractivity (Wildman–Crippen MR) is 72.9 cm³/mol. The highest BCUT2D eigenvalue weighted by Crippen LogP contribution is 2.33. The Hall–Kier alpha value is -1.44. The van der Waals surface area contributed by atoms with Crippen LogP contribution in [0, 0.1) is 5.92 Å². The number of nitrogens with one attached hydrogen (secondary N) is 1. The summed E-state index contributed by atoms with van der Waals surface area (Å²) in [6, 6.07) is 2.06. The summed E-state index contributed by atoms with van der Waals surface area (Å²) in [7, 11) is 1.62. The molecule has 0 amide bonds. The van der Waals surface area contributed by atoms with Gasteiger partial charge in [0.05, 0.1) is 12.1 Å². The zero-order valence-corrected chi connectivity index (χ0v) is 12.3. The molecule has 1 fully saturated rings. The van der Waals surface area contributed by atoms with E-state index >= 15 is 0 Å². The summed E-state index contributed by atoms with van der Waals surface area (Å²) in [6.07, 6.45) is -3.86. The quantitative estimate of drug-likeness (QED) is 0.863. The van der Waals surface area contributed by atoms with Crippen LogP contribution < -0.4 is 5.32 Å². The van der Waals surface area contributed by atoms with E-state index in [0.717, 1.165) is 12.3 Å². The fraction of sp³-hybridized carbons (Fsp3) is 0.643. The smallest absolute Gasteiger partial charge is 0.368 e. The number of hydrogen-bond donors (Lipinski definition) is 1. The highest BCUT2D eigenvalue weighted by atomic mass is 19.4. The fourth-order valence-corrected chi connectivity index (χ4v) is 2.82. The van der Waals surface area contributed by atoms with Crippen LogP contribution in [0.25, 0.3) is 0 Å². The van der Waals surface area contributed by atoms with Crippen LogP contribution >= 0.6 is 0 Å². The van der Waals surface area contributed by atoms with Crippen molar-refractivity contribution in [1.29, 1.82) is 0 Å². The lowest BCUT2D eigenvalue weighted by atomic mass is 9.89. The average Bonchev–Trinajstić information content (AvgIpc) is 2.35. The molecule has 1 aliphatic rings. The van der Waals surface area contributed by atoms with Gasteiger partial charge >= 0.3 is 6.18 Å². The molecular weight excluding hydrogens is 305 g/mol. The third-order valence-corrected chi connectivity index (χ3v) is 3.91. The van der Waals surface area contributed by atoms with Crippen molar-refractivity contribution in [1.82, 2.24) is 9.88 Å². The molecule has 0 radical (unpaired) electrons. The molecule has 3 nitrogen and oxygen atoms in total. The summed E-state index contributed by atoms with van der Waals surface area (Å²) in [4.78, 5) is 5.29. The molecule has 1 aromatic heterocycles. The van der Waals surface area contributed by atoms with Crippen LogP contribution in [0.15, 0.2) is 18.3 Å². The van der Waals surface area contributed by atoms with Crippen molar-refractivity contribution >= 4 is 5.82 Å². The summed E-state index contributed by atoms with van der Waals surface area (Å²) < 4.78 is 64.1. The van der Waals surface area contributed by atoms with E-state index in [9.17, 15) is 22.0 Å². The molecule has 22 heavy (non-hydrogen) atoms. The van der Waals surface area contributed by atoms with E-state index in [1.165, 1.54) is 6.07 Å². The molecule has 2 atom stereocenters. The van der Waals surface area contributed by atoms with Gasteiger partial charge in [-0.1, -0.05) is 6.92 Å². The number of halogens is 5. The lowest BCUT2D eigenvalue weighted by Gasteiger charge is -2.41. The first-order valence-corrected chi connectivity index (χ1v) is 6.94. The minimum absolute atomic E-state index is 0.122. The first-order valence-electron chi connectivity index (χ1n) is 6.94. The molecule has 2 heterocycles. The van der Waals surface area contributed by atoms with Crippen molar-refractivity contribution in [3.8, 4) is 0 Å². The SMILES string of the molecule is C[C@@H]1CC(F)(F)CN(C)C1CNc1ccc(C(F)(F)F)cn1. The molecule has 8 heteroatoms. The summed E-state index contributed by atoms with van der Waals surface area (Å²) in [6.45, 7) is 1.78. The normalized spacial score (nSPS) is 26.0. The van der Waals surface area contributed by atoms with Crippen LogP contribution in [0.5, 0.6) is 0 Å². The van der Waals surface area contributed by atoms with Crippen LogP contribution in [0.4, 0.5) is 27.8 Å². The Bertz CT molecular complexity index is 486. The number of alkyl halides is 5. The number of nitrogens with zero attached hydrogens (tertiary/aromatic N) is 2. The molecule has 0 saturated carbocycles. The maximum atomic E-state index is 13.4. The van der Waals surface area contributed by atoms with Gasteiger partial charge in [-0.15, -0.1) is 0 Å². The Kier molecular flexibility index (Phi) is 4.60. The van der Waals surface area contributed by atoms with Gasteiger partial charge in [0, 0.05) is 25.2 Å². The number of rotatable bonds is 3. The van der Waals surface area contributed by atoms with Crippen molar-refractivity contribution < 1.29 is 22.0 Å². The van der Waals surface area contributed by atoms with Crippen molar-refractivity contribution in [2.45, 2.75) is 31.5 Å². The van der Waals surface area contributed by atoms with Gasteiger partial charge < -0.3 is 5.32 Å².